The molecule has 0 spiro atoms. The van der Waals surface area contributed by atoms with Gasteiger partial charge in [0.15, 0.2) is 5.13 Å². The van der Waals surface area contributed by atoms with E-state index in [1.54, 1.807) is 6.07 Å². The molecule has 150 valence electrons. The Bertz CT molecular complexity index is 868. The molecule has 0 saturated heterocycles. The van der Waals surface area contributed by atoms with Crippen molar-refractivity contribution in [1.29, 1.82) is 0 Å². The lowest BCUT2D eigenvalue weighted by molar-refractivity contribution is -0.118. The monoisotopic (exact) mass is 404 g/mol. The van der Waals surface area contributed by atoms with E-state index in [1.807, 2.05) is 13.8 Å². The Labute approximate surface area is 168 Å². The molecule has 1 aromatic heterocycles. The van der Waals surface area contributed by atoms with E-state index in [4.69, 9.17) is 0 Å². The fraction of sp³-hybridized carbons (Fsp3) is 0.450. The van der Waals surface area contributed by atoms with Crippen molar-refractivity contribution in [3.63, 3.8) is 0 Å². The highest BCUT2D eigenvalue weighted by atomic mass is 32.1. The Hall–Kier alpha value is -2.32. The summed E-state index contributed by atoms with van der Waals surface area (Å²) in [6.07, 6.45) is 0.868. The van der Waals surface area contributed by atoms with Gasteiger partial charge in [-0.3, -0.25) is 14.5 Å². The Morgan fingerprint density at radius 1 is 1.32 bits per heavy atom. The van der Waals surface area contributed by atoms with Crippen LogP contribution in [0.25, 0.3) is 0 Å². The quantitative estimate of drug-likeness (QED) is 0.776. The number of aromatic nitrogens is 1. The number of amides is 2. The van der Waals surface area contributed by atoms with Crippen molar-refractivity contribution in [2.75, 3.05) is 18.4 Å². The van der Waals surface area contributed by atoms with Crippen LogP contribution in [-0.2, 0) is 17.8 Å². The molecule has 1 aromatic carbocycles. The van der Waals surface area contributed by atoms with Gasteiger partial charge in [-0.1, -0.05) is 32.9 Å². The number of likely N-dealkylation sites (N-methyl/N-ethyl adjacent to an activating group) is 1. The molecule has 1 unspecified atom stereocenters. The molecule has 0 saturated carbocycles. The molecule has 3 rings (SSSR count). The van der Waals surface area contributed by atoms with E-state index < -0.39 is 17.8 Å². The number of hydrogen-bond acceptors (Lipinski definition) is 5. The SMILES string of the molecule is CCN1CCc2nc(NC(=O)C(NC(=O)c3ccccc3F)C(C)C)sc2C1. The number of benzene rings is 1. The first-order valence-electron chi connectivity index (χ1n) is 9.46. The molecule has 2 N–H and O–H groups in total. The molecule has 1 aliphatic heterocycles. The van der Waals surface area contributed by atoms with E-state index in [-0.39, 0.29) is 17.4 Å². The number of rotatable bonds is 6. The predicted octanol–water partition coefficient (Wildman–Crippen LogP) is 3.05. The van der Waals surface area contributed by atoms with Crippen LogP contribution in [-0.4, -0.2) is 40.8 Å². The summed E-state index contributed by atoms with van der Waals surface area (Å²) < 4.78 is 13.9. The van der Waals surface area contributed by atoms with E-state index in [9.17, 15) is 14.0 Å². The van der Waals surface area contributed by atoms with E-state index in [1.165, 1.54) is 34.4 Å². The summed E-state index contributed by atoms with van der Waals surface area (Å²) in [7, 11) is 0. The van der Waals surface area contributed by atoms with Crippen LogP contribution in [0.1, 0.15) is 41.7 Å². The zero-order chi connectivity index (χ0) is 20.3. The molecular formula is C20H25FN4O2S. The van der Waals surface area contributed by atoms with Gasteiger partial charge in [0, 0.05) is 24.4 Å². The van der Waals surface area contributed by atoms with E-state index in [2.05, 4.69) is 27.4 Å². The molecular weight excluding hydrogens is 379 g/mol. The van der Waals surface area contributed by atoms with E-state index in [0.717, 1.165) is 31.7 Å². The molecule has 0 bridgehead atoms. The minimum Gasteiger partial charge on any atom is -0.340 e. The summed E-state index contributed by atoms with van der Waals surface area (Å²) in [6, 6.07) is 4.93. The second kappa shape index (κ2) is 8.79. The molecule has 2 aromatic rings. The molecule has 0 fully saturated rings. The van der Waals surface area contributed by atoms with Crippen LogP contribution in [0.3, 0.4) is 0 Å². The first kappa shape index (κ1) is 20.4. The summed E-state index contributed by atoms with van der Waals surface area (Å²) in [5.41, 5.74) is 0.951. The Morgan fingerprint density at radius 2 is 2.07 bits per heavy atom. The molecule has 8 heteroatoms. The number of hydrogen-bond donors (Lipinski definition) is 2. The Morgan fingerprint density at radius 3 is 2.75 bits per heavy atom. The third kappa shape index (κ3) is 4.56. The van der Waals surface area contributed by atoms with Crippen molar-refractivity contribution in [3.8, 4) is 0 Å². The van der Waals surface area contributed by atoms with Crippen LogP contribution in [0.4, 0.5) is 9.52 Å². The van der Waals surface area contributed by atoms with Gasteiger partial charge in [0.25, 0.3) is 5.91 Å². The zero-order valence-corrected chi connectivity index (χ0v) is 17.1. The average Bonchev–Trinajstić information content (AvgIpc) is 3.06. The highest BCUT2D eigenvalue weighted by molar-refractivity contribution is 7.15. The fourth-order valence-corrected chi connectivity index (χ4v) is 4.21. The molecule has 2 amide bonds. The lowest BCUT2D eigenvalue weighted by atomic mass is 10.0. The van der Waals surface area contributed by atoms with Gasteiger partial charge in [0.1, 0.15) is 11.9 Å². The van der Waals surface area contributed by atoms with Gasteiger partial charge in [-0.05, 0) is 24.6 Å². The summed E-state index contributed by atoms with van der Waals surface area (Å²) >= 11 is 1.47. The third-order valence-electron chi connectivity index (χ3n) is 4.84. The van der Waals surface area contributed by atoms with Crippen molar-refractivity contribution in [2.24, 2.45) is 5.92 Å². The van der Waals surface area contributed by atoms with Gasteiger partial charge < -0.3 is 10.6 Å². The molecule has 0 radical (unpaired) electrons. The first-order chi connectivity index (χ1) is 13.4. The smallest absolute Gasteiger partial charge is 0.254 e. The van der Waals surface area contributed by atoms with Gasteiger partial charge >= 0.3 is 0 Å². The van der Waals surface area contributed by atoms with Crippen molar-refractivity contribution >= 4 is 28.3 Å². The largest absolute Gasteiger partial charge is 0.340 e. The standard InChI is InChI=1S/C20H25FN4O2S/c1-4-25-10-9-15-16(11-25)28-20(22-15)24-19(27)17(12(2)3)23-18(26)13-7-5-6-8-14(13)21/h5-8,12,17H,4,9-11H2,1-3H3,(H,23,26)(H,22,24,27). The third-order valence-corrected chi connectivity index (χ3v) is 5.84. The van der Waals surface area contributed by atoms with Crippen LogP contribution in [0, 0.1) is 11.7 Å². The topological polar surface area (TPSA) is 74.3 Å². The van der Waals surface area contributed by atoms with Crippen LogP contribution in [0.5, 0.6) is 0 Å². The second-order valence-electron chi connectivity index (χ2n) is 7.17. The van der Waals surface area contributed by atoms with Gasteiger partial charge in [0.05, 0.1) is 11.3 Å². The molecule has 1 aliphatic rings. The number of halogens is 1. The Kier molecular flexibility index (Phi) is 6.41. The van der Waals surface area contributed by atoms with Gasteiger partial charge in [-0.2, -0.15) is 0 Å². The number of carbonyl (C=O) groups excluding carboxylic acids is 2. The summed E-state index contributed by atoms with van der Waals surface area (Å²) in [4.78, 5) is 33.2. The number of nitrogens with zero attached hydrogens (tertiary/aromatic N) is 2. The lowest BCUT2D eigenvalue weighted by Crippen LogP contribution is -2.47. The Balaban J connectivity index is 1.70. The molecule has 1 atom stereocenters. The normalized spacial score (nSPS) is 15.2. The minimum absolute atomic E-state index is 0.0784. The maximum absolute atomic E-state index is 13.9. The van der Waals surface area contributed by atoms with Crippen LogP contribution in [0.2, 0.25) is 0 Å². The zero-order valence-electron chi connectivity index (χ0n) is 16.3. The minimum atomic E-state index is -0.792. The van der Waals surface area contributed by atoms with Crippen LogP contribution in [0.15, 0.2) is 24.3 Å². The number of carbonyl (C=O) groups is 2. The van der Waals surface area contributed by atoms with Gasteiger partial charge in [0.2, 0.25) is 5.91 Å². The van der Waals surface area contributed by atoms with Crippen molar-refractivity contribution in [3.05, 3.63) is 46.2 Å². The second-order valence-corrected chi connectivity index (χ2v) is 8.26. The highest BCUT2D eigenvalue weighted by Gasteiger charge is 2.27. The van der Waals surface area contributed by atoms with Gasteiger partial charge in [-0.15, -0.1) is 11.3 Å². The predicted molar refractivity (Wildman–Crippen MR) is 108 cm³/mol. The maximum Gasteiger partial charge on any atom is 0.254 e. The van der Waals surface area contributed by atoms with Crippen molar-refractivity contribution in [1.82, 2.24) is 15.2 Å². The van der Waals surface area contributed by atoms with Gasteiger partial charge in [-0.25, -0.2) is 9.37 Å². The fourth-order valence-electron chi connectivity index (χ4n) is 3.15. The number of thiazole rings is 1. The molecule has 6 nitrogen and oxygen atoms in total. The number of anilines is 1. The molecule has 2 heterocycles. The first-order valence-corrected chi connectivity index (χ1v) is 10.3. The highest BCUT2D eigenvalue weighted by Crippen LogP contribution is 2.28. The van der Waals surface area contributed by atoms with Crippen molar-refractivity contribution in [2.45, 2.75) is 39.8 Å². The molecule has 0 aliphatic carbocycles. The summed E-state index contributed by atoms with van der Waals surface area (Å²) in [5.74, 6) is -1.74. The van der Waals surface area contributed by atoms with Crippen LogP contribution < -0.4 is 10.6 Å². The average molecular weight is 405 g/mol. The van der Waals surface area contributed by atoms with Crippen LogP contribution >= 0.6 is 11.3 Å². The lowest BCUT2D eigenvalue weighted by Gasteiger charge is -2.23. The summed E-state index contributed by atoms with van der Waals surface area (Å²) in [5, 5.41) is 6.02. The van der Waals surface area contributed by atoms with E-state index >= 15 is 0 Å². The number of nitrogens with one attached hydrogen (secondary N) is 2. The van der Waals surface area contributed by atoms with E-state index in [0.29, 0.717) is 5.13 Å². The molecule has 28 heavy (non-hydrogen) atoms. The number of fused-ring (bicyclic) bond motifs is 1. The maximum atomic E-state index is 13.9. The summed E-state index contributed by atoms with van der Waals surface area (Å²) in [6.45, 7) is 8.58. The van der Waals surface area contributed by atoms with Crippen molar-refractivity contribution < 1.29 is 14.0 Å².